The van der Waals surface area contributed by atoms with E-state index in [1.54, 1.807) is 6.92 Å². The summed E-state index contributed by atoms with van der Waals surface area (Å²) in [5.41, 5.74) is 5.35. The minimum Gasteiger partial charge on any atom is -0.810 e. The van der Waals surface area contributed by atoms with Crippen LogP contribution in [0.3, 0.4) is 0 Å². The molecule has 0 radical (unpaired) electrons. The summed E-state index contributed by atoms with van der Waals surface area (Å²) in [6, 6.07) is 0. The van der Waals surface area contributed by atoms with Gasteiger partial charge in [0.05, 0.1) is 12.5 Å². The van der Waals surface area contributed by atoms with Crippen LogP contribution in [0.25, 0.3) is 0 Å². The van der Waals surface area contributed by atoms with Crippen molar-refractivity contribution in [1.29, 1.82) is 0 Å². The Bertz CT molecular complexity index is 737. The van der Waals surface area contributed by atoms with Crippen LogP contribution in [0.2, 0.25) is 0 Å². The Hall–Kier alpha value is -0.700. The monoisotopic (exact) mass is 472 g/mol. The topological polar surface area (TPSA) is 89.5 Å². The predicted molar refractivity (Wildman–Crippen MR) is 130 cm³/mol. The van der Waals surface area contributed by atoms with Gasteiger partial charge in [0.15, 0.2) is 0 Å². The van der Waals surface area contributed by atoms with Gasteiger partial charge < -0.3 is 18.9 Å². The van der Waals surface area contributed by atoms with Crippen LogP contribution in [0.1, 0.15) is 86.5 Å². The quantitative estimate of drug-likeness (QED) is 0.184. The molecule has 0 aromatic carbocycles. The first-order valence-electron chi connectivity index (χ1n) is 11.2. The van der Waals surface area contributed by atoms with Crippen molar-refractivity contribution in [2.45, 2.75) is 86.5 Å². The minimum atomic E-state index is -4.86. The van der Waals surface area contributed by atoms with E-state index < -0.39 is 20.9 Å². The summed E-state index contributed by atoms with van der Waals surface area (Å²) in [6.07, 6.45) is 15.6. The first-order chi connectivity index (χ1) is 14.4. The van der Waals surface area contributed by atoms with Crippen molar-refractivity contribution in [3.05, 3.63) is 46.6 Å². The van der Waals surface area contributed by atoms with Gasteiger partial charge in [-0.15, -0.1) is 0 Å². The molecule has 1 unspecified atom stereocenters. The molecule has 7 heteroatoms. The Labute approximate surface area is 190 Å². The molecule has 0 amide bonds. The molecule has 0 aliphatic carbocycles. The lowest BCUT2D eigenvalue weighted by atomic mass is 10.0. The van der Waals surface area contributed by atoms with Gasteiger partial charge in [-0.25, -0.2) is 0 Å². The van der Waals surface area contributed by atoms with Crippen LogP contribution in [0.15, 0.2) is 46.6 Å². The standard InChI is InChI=1S/C24H44O5P2/c1-7-29-30(25,20-31(26,27)28)19-11-18-24(6)17-10-16-23(5)15-9-14-22(4)13-8-12-21(2)3/h12,14,16,18H,7-11,13,15,17,19-20H2,1-6H3,(H2,26,27,28)/p-2/b22-14+,23-16+,24-18+. The van der Waals surface area contributed by atoms with E-state index in [-0.39, 0.29) is 12.8 Å². The maximum Gasteiger partial charge on any atom is 0.208 e. The van der Waals surface area contributed by atoms with Gasteiger partial charge in [0, 0.05) is 6.16 Å². The zero-order valence-electron chi connectivity index (χ0n) is 20.3. The molecule has 0 bridgehead atoms. The Morgan fingerprint density at radius 1 is 0.742 bits per heavy atom. The van der Waals surface area contributed by atoms with E-state index in [2.05, 4.69) is 45.9 Å². The van der Waals surface area contributed by atoms with Crippen LogP contribution in [-0.4, -0.2) is 18.7 Å². The summed E-state index contributed by atoms with van der Waals surface area (Å²) < 4.78 is 28.6. The Morgan fingerprint density at radius 2 is 1.16 bits per heavy atom. The Kier molecular flexibility index (Phi) is 15.6. The highest BCUT2D eigenvalue weighted by atomic mass is 31.2. The molecule has 0 rings (SSSR count). The van der Waals surface area contributed by atoms with E-state index in [4.69, 9.17) is 4.52 Å². The van der Waals surface area contributed by atoms with E-state index >= 15 is 0 Å². The number of rotatable bonds is 16. The molecule has 1 atom stereocenters. The van der Waals surface area contributed by atoms with Gasteiger partial charge in [-0.2, -0.15) is 0 Å². The van der Waals surface area contributed by atoms with Gasteiger partial charge in [-0.05, 0) is 86.5 Å². The second-order valence-corrected chi connectivity index (χ2v) is 13.2. The third-order valence-corrected chi connectivity index (χ3v) is 9.65. The van der Waals surface area contributed by atoms with E-state index in [1.807, 2.05) is 13.0 Å². The minimum absolute atomic E-state index is 0.0841. The first-order valence-corrected chi connectivity index (χ1v) is 14.9. The van der Waals surface area contributed by atoms with E-state index in [0.29, 0.717) is 6.42 Å². The lowest BCUT2D eigenvalue weighted by Gasteiger charge is -2.33. The normalized spacial score (nSPS) is 15.7. The van der Waals surface area contributed by atoms with Gasteiger partial charge in [0.1, 0.15) is 0 Å². The Balaban J connectivity index is 4.37. The summed E-state index contributed by atoms with van der Waals surface area (Å²) in [5.74, 6) is -0.897. The predicted octanol–water partition coefficient (Wildman–Crippen LogP) is 6.71. The van der Waals surface area contributed by atoms with Crippen molar-refractivity contribution >= 4 is 15.0 Å². The van der Waals surface area contributed by atoms with Crippen LogP contribution in [0.5, 0.6) is 0 Å². The molecular weight excluding hydrogens is 430 g/mol. The molecule has 0 fully saturated rings. The van der Waals surface area contributed by atoms with Gasteiger partial charge in [0.2, 0.25) is 7.37 Å². The van der Waals surface area contributed by atoms with Crippen LogP contribution in [-0.2, 0) is 13.7 Å². The second kappa shape index (κ2) is 16.0. The SMILES string of the molecule is CCOP(=O)(CC/C=C(\C)CC/C=C(\C)CC/C=C(\C)CCC=C(C)C)CP(=O)([O-])[O-]. The summed E-state index contributed by atoms with van der Waals surface area (Å²) in [4.78, 5) is 22.0. The maximum atomic E-state index is 12.5. The molecule has 0 aliphatic heterocycles. The molecule has 0 aromatic rings. The summed E-state index contributed by atoms with van der Waals surface area (Å²) in [6.45, 7) is 12.4. The third-order valence-electron chi connectivity index (χ3n) is 4.87. The molecule has 5 nitrogen and oxygen atoms in total. The van der Waals surface area contributed by atoms with Gasteiger partial charge in [0.25, 0.3) is 0 Å². The van der Waals surface area contributed by atoms with E-state index in [0.717, 1.165) is 44.1 Å². The highest BCUT2D eigenvalue weighted by Gasteiger charge is 2.23. The van der Waals surface area contributed by atoms with Gasteiger partial charge in [-0.3, -0.25) is 4.57 Å². The fourth-order valence-electron chi connectivity index (χ4n) is 3.17. The number of hydrogen-bond donors (Lipinski definition) is 0. The Morgan fingerprint density at radius 3 is 1.55 bits per heavy atom. The zero-order valence-corrected chi connectivity index (χ0v) is 22.1. The lowest BCUT2D eigenvalue weighted by Crippen LogP contribution is -2.18. The second-order valence-electron chi connectivity index (χ2n) is 8.55. The van der Waals surface area contributed by atoms with Crippen LogP contribution < -0.4 is 9.79 Å². The molecule has 0 saturated carbocycles. The third kappa shape index (κ3) is 18.6. The molecular formula is C24H42O5P2-2. The fraction of sp³-hybridized carbons (Fsp3) is 0.667. The van der Waals surface area contributed by atoms with Crippen molar-refractivity contribution < 1.29 is 23.4 Å². The fourth-order valence-corrected chi connectivity index (χ4v) is 7.30. The number of hydrogen-bond acceptors (Lipinski definition) is 5. The van der Waals surface area contributed by atoms with Gasteiger partial charge in [-0.1, -0.05) is 54.2 Å². The highest BCUT2D eigenvalue weighted by Crippen LogP contribution is 2.55. The molecule has 31 heavy (non-hydrogen) atoms. The average molecular weight is 473 g/mol. The van der Waals surface area contributed by atoms with Crippen LogP contribution >= 0.6 is 15.0 Å². The lowest BCUT2D eigenvalue weighted by molar-refractivity contribution is -0.312. The number of allylic oxidation sites excluding steroid dienone is 8. The van der Waals surface area contributed by atoms with E-state index in [1.165, 1.54) is 16.7 Å². The van der Waals surface area contributed by atoms with Gasteiger partial charge >= 0.3 is 0 Å². The summed E-state index contributed by atoms with van der Waals surface area (Å²) in [7, 11) is -8.28. The molecule has 0 aromatic heterocycles. The maximum absolute atomic E-state index is 12.5. The largest absolute Gasteiger partial charge is 0.810 e. The molecule has 180 valence electrons. The molecule has 0 aliphatic rings. The zero-order chi connectivity index (χ0) is 23.9. The van der Waals surface area contributed by atoms with Crippen molar-refractivity contribution in [3.63, 3.8) is 0 Å². The smallest absolute Gasteiger partial charge is 0.208 e. The van der Waals surface area contributed by atoms with Crippen molar-refractivity contribution in [1.82, 2.24) is 0 Å². The first kappa shape index (κ1) is 30.3. The van der Waals surface area contributed by atoms with Crippen molar-refractivity contribution in [2.24, 2.45) is 0 Å². The van der Waals surface area contributed by atoms with Crippen LogP contribution in [0.4, 0.5) is 0 Å². The van der Waals surface area contributed by atoms with Crippen LogP contribution in [0, 0.1) is 0 Å². The van der Waals surface area contributed by atoms with Crippen molar-refractivity contribution in [3.8, 4) is 0 Å². The molecule has 0 heterocycles. The molecule has 0 N–H and O–H groups in total. The summed E-state index contributed by atoms with van der Waals surface area (Å²) >= 11 is 0. The highest BCUT2D eigenvalue weighted by molar-refractivity contribution is 7.72. The molecule has 0 saturated heterocycles. The summed E-state index contributed by atoms with van der Waals surface area (Å²) in [5, 5.41) is 0. The van der Waals surface area contributed by atoms with Crippen molar-refractivity contribution in [2.75, 3.05) is 18.7 Å². The average Bonchev–Trinajstić information content (AvgIpc) is 2.59. The van der Waals surface area contributed by atoms with E-state index in [9.17, 15) is 18.9 Å². The molecule has 0 spiro atoms.